The van der Waals surface area contributed by atoms with Crippen LogP contribution in [0.5, 0.6) is 5.75 Å². The lowest BCUT2D eigenvalue weighted by Gasteiger charge is -2.17. The first kappa shape index (κ1) is 19.5. The van der Waals surface area contributed by atoms with Crippen molar-refractivity contribution in [1.82, 2.24) is 5.43 Å². The van der Waals surface area contributed by atoms with E-state index in [-0.39, 0.29) is 11.7 Å². The van der Waals surface area contributed by atoms with Crippen LogP contribution in [-0.2, 0) is 9.59 Å². The number of hydrogen-bond acceptors (Lipinski definition) is 3. The highest BCUT2D eigenvalue weighted by atomic mass is 79.9. The molecule has 1 N–H and O–H groups in total. The standard InChI is InChI=1S/C20H18BrClN2O3/c1-3-12(2)27-18-13(9-14(22)11-17(18)21)10-16-19(25)23-24(20(16)26)15-7-5-4-6-8-15/h4-12H,3H2,1-2H3,(H,23,25)/b16-10-/t12-/m1/s1. The van der Waals surface area contributed by atoms with E-state index in [4.69, 9.17) is 16.3 Å². The summed E-state index contributed by atoms with van der Waals surface area (Å²) in [6.07, 6.45) is 2.29. The van der Waals surface area contributed by atoms with Crippen molar-refractivity contribution >= 4 is 51.1 Å². The molecule has 27 heavy (non-hydrogen) atoms. The Morgan fingerprint density at radius 1 is 1.26 bits per heavy atom. The molecule has 0 unspecified atom stereocenters. The zero-order valence-corrected chi connectivity index (χ0v) is 17.2. The fraction of sp³-hybridized carbons (Fsp3) is 0.200. The van der Waals surface area contributed by atoms with Gasteiger partial charge >= 0.3 is 0 Å². The number of hydrogen-bond donors (Lipinski definition) is 1. The number of ether oxygens (including phenoxy) is 1. The molecule has 1 heterocycles. The monoisotopic (exact) mass is 448 g/mol. The molecule has 1 saturated heterocycles. The van der Waals surface area contributed by atoms with Crippen molar-refractivity contribution in [3.63, 3.8) is 0 Å². The highest BCUT2D eigenvalue weighted by Crippen LogP contribution is 2.36. The number of amides is 2. The summed E-state index contributed by atoms with van der Waals surface area (Å²) in [5.74, 6) is -0.369. The Morgan fingerprint density at radius 2 is 1.96 bits per heavy atom. The number of nitrogens with one attached hydrogen (secondary N) is 1. The van der Waals surface area contributed by atoms with Crippen molar-refractivity contribution in [2.24, 2.45) is 0 Å². The third-order valence-electron chi connectivity index (χ3n) is 4.14. The van der Waals surface area contributed by atoms with Crippen LogP contribution in [0.2, 0.25) is 5.02 Å². The van der Waals surface area contributed by atoms with Crippen molar-refractivity contribution in [2.45, 2.75) is 26.4 Å². The molecule has 0 saturated carbocycles. The number of benzene rings is 2. The van der Waals surface area contributed by atoms with Crippen LogP contribution in [-0.4, -0.2) is 17.9 Å². The molecule has 1 aliphatic rings. The predicted molar refractivity (Wildman–Crippen MR) is 110 cm³/mol. The first-order chi connectivity index (χ1) is 12.9. The molecule has 2 aromatic carbocycles. The quantitative estimate of drug-likeness (QED) is 0.530. The van der Waals surface area contributed by atoms with Gasteiger partial charge in [0.2, 0.25) is 0 Å². The molecule has 0 spiro atoms. The van der Waals surface area contributed by atoms with Crippen LogP contribution in [0.15, 0.2) is 52.5 Å². The Bertz CT molecular complexity index is 915. The molecule has 0 aliphatic carbocycles. The van der Waals surface area contributed by atoms with E-state index in [1.54, 1.807) is 36.4 Å². The van der Waals surface area contributed by atoms with Crippen LogP contribution in [0, 0.1) is 0 Å². The van der Waals surface area contributed by atoms with Gasteiger partial charge in [-0.05, 0) is 59.6 Å². The third-order valence-corrected chi connectivity index (χ3v) is 4.94. The molecule has 7 heteroatoms. The summed E-state index contributed by atoms with van der Waals surface area (Å²) in [6.45, 7) is 3.96. The molecular weight excluding hydrogens is 432 g/mol. The van der Waals surface area contributed by atoms with Gasteiger partial charge in [-0.3, -0.25) is 15.0 Å². The van der Waals surface area contributed by atoms with Crippen LogP contribution in [0.3, 0.4) is 0 Å². The fourth-order valence-corrected chi connectivity index (χ4v) is 3.50. The zero-order valence-electron chi connectivity index (χ0n) is 14.8. The van der Waals surface area contributed by atoms with Crippen molar-refractivity contribution in [2.75, 3.05) is 5.01 Å². The average molecular weight is 450 g/mol. The van der Waals surface area contributed by atoms with Gasteiger partial charge in [0, 0.05) is 10.6 Å². The Balaban J connectivity index is 2.01. The van der Waals surface area contributed by atoms with Crippen LogP contribution in [0.1, 0.15) is 25.8 Å². The Hall–Kier alpha value is -2.31. The van der Waals surface area contributed by atoms with Gasteiger partial charge in [0.25, 0.3) is 11.8 Å². The van der Waals surface area contributed by atoms with Gasteiger partial charge in [0.05, 0.1) is 16.3 Å². The lowest BCUT2D eigenvalue weighted by molar-refractivity contribution is -0.117. The minimum Gasteiger partial charge on any atom is -0.489 e. The third kappa shape index (κ3) is 4.17. The van der Waals surface area contributed by atoms with E-state index in [0.29, 0.717) is 26.5 Å². The molecule has 1 aliphatic heterocycles. The van der Waals surface area contributed by atoms with E-state index in [9.17, 15) is 9.59 Å². The molecule has 140 valence electrons. The van der Waals surface area contributed by atoms with Gasteiger partial charge in [-0.25, -0.2) is 5.01 Å². The SMILES string of the molecule is CC[C@@H](C)Oc1c(Br)cc(Cl)cc1/C=C1/C(=O)NN(c2ccccc2)C1=O. The van der Waals surface area contributed by atoms with E-state index >= 15 is 0 Å². The fourth-order valence-electron chi connectivity index (χ4n) is 2.57. The summed E-state index contributed by atoms with van der Waals surface area (Å²) >= 11 is 9.61. The molecule has 0 radical (unpaired) electrons. The maximum absolute atomic E-state index is 12.8. The normalized spacial score (nSPS) is 16.6. The first-order valence-corrected chi connectivity index (χ1v) is 9.65. The second kappa shape index (κ2) is 8.15. The molecule has 3 rings (SSSR count). The van der Waals surface area contributed by atoms with Crippen molar-refractivity contribution in [3.8, 4) is 5.75 Å². The van der Waals surface area contributed by atoms with Crippen molar-refractivity contribution in [3.05, 3.63) is 63.1 Å². The topological polar surface area (TPSA) is 58.6 Å². The smallest absolute Gasteiger partial charge is 0.282 e. The number of carbonyl (C=O) groups is 2. The summed E-state index contributed by atoms with van der Waals surface area (Å²) in [6, 6.07) is 12.3. The number of rotatable bonds is 5. The predicted octanol–water partition coefficient (Wildman–Crippen LogP) is 4.74. The summed E-state index contributed by atoms with van der Waals surface area (Å²) in [5, 5.41) is 1.69. The van der Waals surface area contributed by atoms with E-state index in [1.165, 1.54) is 11.1 Å². The van der Waals surface area contributed by atoms with Crippen molar-refractivity contribution in [1.29, 1.82) is 0 Å². The molecule has 5 nitrogen and oxygen atoms in total. The number of para-hydroxylation sites is 1. The van der Waals surface area contributed by atoms with Gasteiger partial charge in [0.15, 0.2) is 0 Å². The van der Waals surface area contributed by atoms with Crippen LogP contribution >= 0.6 is 27.5 Å². The van der Waals surface area contributed by atoms with Gasteiger partial charge in [-0.15, -0.1) is 0 Å². The first-order valence-electron chi connectivity index (χ1n) is 8.48. The molecule has 1 atom stereocenters. The second-order valence-corrected chi connectivity index (χ2v) is 7.41. The van der Waals surface area contributed by atoms with Gasteiger partial charge < -0.3 is 4.74 Å². The minimum absolute atomic E-state index is 0.0158. The minimum atomic E-state index is -0.477. The van der Waals surface area contributed by atoms with E-state index in [0.717, 1.165) is 6.42 Å². The largest absolute Gasteiger partial charge is 0.489 e. The Kier molecular flexibility index (Phi) is 5.87. The molecule has 0 bridgehead atoms. The number of halogens is 2. The maximum Gasteiger partial charge on any atom is 0.282 e. The van der Waals surface area contributed by atoms with E-state index < -0.39 is 11.8 Å². The lowest BCUT2D eigenvalue weighted by Crippen LogP contribution is -2.35. The van der Waals surface area contributed by atoms with Crippen LogP contribution in [0.25, 0.3) is 6.08 Å². The van der Waals surface area contributed by atoms with Gasteiger partial charge in [-0.2, -0.15) is 0 Å². The number of anilines is 1. The highest BCUT2D eigenvalue weighted by molar-refractivity contribution is 9.10. The number of nitrogens with zero attached hydrogens (tertiary/aromatic N) is 1. The summed E-state index contributed by atoms with van der Waals surface area (Å²) in [4.78, 5) is 25.2. The van der Waals surface area contributed by atoms with Crippen LogP contribution in [0.4, 0.5) is 5.69 Å². The second-order valence-electron chi connectivity index (χ2n) is 6.12. The maximum atomic E-state index is 12.8. The zero-order chi connectivity index (χ0) is 19.6. The van der Waals surface area contributed by atoms with Gasteiger partial charge in [0.1, 0.15) is 11.3 Å². The summed E-state index contributed by atoms with van der Waals surface area (Å²) in [5.41, 5.74) is 3.74. The number of carbonyl (C=O) groups excluding carboxylic acids is 2. The highest BCUT2D eigenvalue weighted by Gasteiger charge is 2.34. The van der Waals surface area contributed by atoms with E-state index in [2.05, 4.69) is 21.4 Å². The molecular formula is C20H18BrClN2O3. The molecule has 2 amide bonds. The summed E-state index contributed by atoms with van der Waals surface area (Å²) < 4.78 is 6.63. The molecule has 2 aromatic rings. The Morgan fingerprint density at radius 3 is 2.63 bits per heavy atom. The van der Waals surface area contributed by atoms with E-state index in [1.807, 2.05) is 19.9 Å². The average Bonchev–Trinajstić information content (AvgIpc) is 2.93. The molecule has 1 fully saturated rings. The summed E-state index contributed by atoms with van der Waals surface area (Å²) in [7, 11) is 0. The van der Waals surface area contributed by atoms with Crippen molar-refractivity contribution < 1.29 is 14.3 Å². The Labute approximate surface area is 171 Å². The van der Waals surface area contributed by atoms with Crippen LogP contribution < -0.4 is 15.2 Å². The van der Waals surface area contributed by atoms with Gasteiger partial charge in [-0.1, -0.05) is 36.7 Å². The number of hydrazine groups is 1. The lowest BCUT2D eigenvalue weighted by atomic mass is 10.1. The molecule has 0 aromatic heterocycles.